The fourth-order valence-electron chi connectivity index (χ4n) is 4.29. The van der Waals surface area contributed by atoms with Crippen molar-refractivity contribution in [1.82, 2.24) is 0 Å². The predicted molar refractivity (Wildman–Crippen MR) is 58.8 cm³/mol. The van der Waals surface area contributed by atoms with Gasteiger partial charge in [-0.15, -0.1) is 0 Å². The first kappa shape index (κ1) is 9.21. The Morgan fingerprint density at radius 2 is 2.00 bits per heavy atom. The van der Waals surface area contributed by atoms with Crippen LogP contribution in [-0.4, -0.2) is 6.04 Å². The highest BCUT2D eigenvalue weighted by molar-refractivity contribution is 5.01. The maximum atomic E-state index is 6.44. The van der Waals surface area contributed by atoms with Gasteiger partial charge in [-0.05, 0) is 55.3 Å². The Balaban J connectivity index is 1.61. The highest BCUT2D eigenvalue weighted by Crippen LogP contribution is 2.54. The third kappa shape index (κ3) is 1.32. The van der Waals surface area contributed by atoms with E-state index in [0.717, 1.165) is 29.6 Å². The van der Waals surface area contributed by atoms with E-state index in [2.05, 4.69) is 6.92 Å². The molecule has 3 saturated carbocycles. The van der Waals surface area contributed by atoms with Crippen molar-refractivity contribution in [1.29, 1.82) is 0 Å². The Morgan fingerprint density at radius 3 is 2.50 bits per heavy atom. The molecule has 1 nitrogen and oxygen atoms in total. The summed E-state index contributed by atoms with van der Waals surface area (Å²) in [6, 6.07) is 0.565. The van der Waals surface area contributed by atoms with E-state index < -0.39 is 0 Å². The van der Waals surface area contributed by atoms with Crippen LogP contribution < -0.4 is 5.73 Å². The molecule has 0 aromatic carbocycles. The Kier molecular flexibility index (Phi) is 2.12. The van der Waals surface area contributed by atoms with Crippen molar-refractivity contribution in [2.24, 2.45) is 35.3 Å². The molecule has 0 radical (unpaired) electrons. The molecule has 0 heterocycles. The van der Waals surface area contributed by atoms with Crippen molar-refractivity contribution >= 4 is 0 Å². The summed E-state index contributed by atoms with van der Waals surface area (Å²) >= 11 is 0. The second kappa shape index (κ2) is 3.23. The highest BCUT2D eigenvalue weighted by atomic mass is 14.7. The van der Waals surface area contributed by atoms with Crippen LogP contribution in [0.5, 0.6) is 0 Å². The van der Waals surface area contributed by atoms with Crippen LogP contribution in [0.25, 0.3) is 0 Å². The third-order valence-corrected chi connectivity index (χ3v) is 5.28. The lowest BCUT2D eigenvalue weighted by atomic mass is 9.81. The quantitative estimate of drug-likeness (QED) is 0.733. The average Bonchev–Trinajstić information content (AvgIpc) is 2.70. The summed E-state index contributed by atoms with van der Waals surface area (Å²) in [6.45, 7) is 2.32. The van der Waals surface area contributed by atoms with Gasteiger partial charge < -0.3 is 5.73 Å². The lowest BCUT2D eigenvalue weighted by Gasteiger charge is -2.28. The Morgan fingerprint density at radius 1 is 1.14 bits per heavy atom. The molecule has 0 aromatic rings. The number of rotatable bonds is 3. The van der Waals surface area contributed by atoms with Gasteiger partial charge in [0.05, 0.1) is 0 Å². The molecule has 4 unspecified atom stereocenters. The van der Waals surface area contributed by atoms with E-state index >= 15 is 0 Å². The molecule has 14 heavy (non-hydrogen) atoms. The van der Waals surface area contributed by atoms with Crippen LogP contribution in [0.1, 0.15) is 45.4 Å². The van der Waals surface area contributed by atoms with Crippen LogP contribution in [0.4, 0.5) is 0 Å². The fourth-order valence-corrected chi connectivity index (χ4v) is 4.29. The first-order chi connectivity index (χ1) is 6.79. The molecule has 3 rings (SSSR count). The summed E-state index contributed by atoms with van der Waals surface area (Å²) in [6.07, 6.45) is 8.79. The minimum absolute atomic E-state index is 0.565. The van der Waals surface area contributed by atoms with Crippen LogP contribution in [-0.2, 0) is 0 Å². The van der Waals surface area contributed by atoms with Crippen molar-refractivity contribution in [3.05, 3.63) is 0 Å². The van der Waals surface area contributed by atoms with E-state index in [1.54, 1.807) is 0 Å². The topological polar surface area (TPSA) is 26.0 Å². The minimum Gasteiger partial charge on any atom is -0.327 e. The van der Waals surface area contributed by atoms with E-state index in [-0.39, 0.29) is 0 Å². The SMILES string of the molecule is CC[C@@H]1C[C@H]1C(N)C1CC2CCC1C2. The number of nitrogens with two attached hydrogens (primary N) is 1. The molecule has 0 spiro atoms. The third-order valence-electron chi connectivity index (χ3n) is 5.28. The molecule has 80 valence electrons. The van der Waals surface area contributed by atoms with Crippen LogP contribution in [0.2, 0.25) is 0 Å². The van der Waals surface area contributed by atoms with Gasteiger partial charge in [0.15, 0.2) is 0 Å². The summed E-state index contributed by atoms with van der Waals surface area (Å²) in [5.41, 5.74) is 6.44. The van der Waals surface area contributed by atoms with Crippen molar-refractivity contribution in [2.75, 3.05) is 0 Å². The molecule has 0 amide bonds. The lowest BCUT2D eigenvalue weighted by Crippen LogP contribution is -2.36. The maximum absolute atomic E-state index is 6.44. The first-order valence-electron chi connectivity index (χ1n) is 6.55. The Labute approximate surface area is 87.4 Å². The molecular formula is C13H23N. The number of hydrogen-bond donors (Lipinski definition) is 1. The van der Waals surface area contributed by atoms with Crippen molar-refractivity contribution in [3.8, 4) is 0 Å². The number of fused-ring (bicyclic) bond motifs is 2. The van der Waals surface area contributed by atoms with E-state index in [4.69, 9.17) is 5.73 Å². The molecule has 0 aromatic heterocycles. The van der Waals surface area contributed by atoms with E-state index in [1.807, 2.05) is 0 Å². The van der Waals surface area contributed by atoms with Crippen LogP contribution in [0.3, 0.4) is 0 Å². The van der Waals surface area contributed by atoms with Gasteiger partial charge in [0.1, 0.15) is 0 Å². The van der Waals surface area contributed by atoms with Crippen molar-refractivity contribution < 1.29 is 0 Å². The molecule has 3 fully saturated rings. The molecule has 1 heteroatoms. The smallest absolute Gasteiger partial charge is 0.0101 e. The van der Waals surface area contributed by atoms with E-state index in [9.17, 15) is 0 Å². The van der Waals surface area contributed by atoms with Gasteiger partial charge in [-0.3, -0.25) is 0 Å². The first-order valence-corrected chi connectivity index (χ1v) is 6.55. The van der Waals surface area contributed by atoms with Gasteiger partial charge in [-0.25, -0.2) is 0 Å². The molecular weight excluding hydrogens is 170 g/mol. The maximum Gasteiger partial charge on any atom is 0.0101 e. The molecule has 0 saturated heterocycles. The van der Waals surface area contributed by atoms with Gasteiger partial charge in [0.25, 0.3) is 0 Å². The van der Waals surface area contributed by atoms with Gasteiger partial charge in [-0.1, -0.05) is 19.8 Å². The fraction of sp³-hybridized carbons (Fsp3) is 1.00. The summed E-state index contributed by atoms with van der Waals surface area (Å²) in [5.74, 6) is 4.90. The van der Waals surface area contributed by atoms with Gasteiger partial charge in [-0.2, -0.15) is 0 Å². The van der Waals surface area contributed by atoms with Crippen LogP contribution in [0, 0.1) is 29.6 Å². The minimum atomic E-state index is 0.565. The second-order valence-corrected chi connectivity index (χ2v) is 5.98. The zero-order valence-electron chi connectivity index (χ0n) is 9.28. The average molecular weight is 193 g/mol. The molecule has 2 N–H and O–H groups in total. The summed E-state index contributed by atoms with van der Waals surface area (Å²) < 4.78 is 0. The molecule has 2 bridgehead atoms. The van der Waals surface area contributed by atoms with Gasteiger partial charge in [0, 0.05) is 6.04 Å². The summed E-state index contributed by atoms with van der Waals surface area (Å²) in [7, 11) is 0. The Hall–Kier alpha value is -0.0400. The molecule has 6 atom stereocenters. The predicted octanol–water partition coefficient (Wildman–Crippen LogP) is 2.80. The zero-order valence-corrected chi connectivity index (χ0v) is 9.28. The normalized spacial score (nSPS) is 52.3. The van der Waals surface area contributed by atoms with Crippen LogP contribution in [0.15, 0.2) is 0 Å². The summed E-state index contributed by atoms with van der Waals surface area (Å²) in [4.78, 5) is 0. The van der Waals surface area contributed by atoms with E-state index in [0.29, 0.717) is 6.04 Å². The van der Waals surface area contributed by atoms with Crippen molar-refractivity contribution in [3.63, 3.8) is 0 Å². The van der Waals surface area contributed by atoms with Gasteiger partial charge in [0.2, 0.25) is 0 Å². The summed E-state index contributed by atoms with van der Waals surface area (Å²) in [5, 5.41) is 0. The Bertz CT molecular complexity index is 225. The largest absolute Gasteiger partial charge is 0.327 e. The monoisotopic (exact) mass is 193 g/mol. The molecule has 0 aliphatic heterocycles. The van der Waals surface area contributed by atoms with Crippen LogP contribution >= 0.6 is 0 Å². The number of hydrogen-bond acceptors (Lipinski definition) is 1. The standard InChI is InChI=1S/C13H23N/c1-2-9-7-12(9)13(14)11-6-8-3-4-10(11)5-8/h8-13H,2-7,14H2,1H3/t8?,9-,10?,11?,12-,13?/m1/s1. The highest BCUT2D eigenvalue weighted by Gasteiger charge is 2.49. The molecule has 3 aliphatic carbocycles. The van der Waals surface area contributed by atoms with E-state index in [1.165, 1.54) is 38.5 Å². The van der Waals surface area contributed by atoms with Crippen molar-refractivity contribution in [2.45, 2.75) is 51.5 Å². The van der Waals surface area contributed by atoms with Gasteiger partial charge >= 0.3 is 0 Å². The molecule has 3 aliphatic rings. The second-order valence-electron chi connectivity index (χ2n) is 5.98. The lowest BCUT2D eigenvalue weighted by molar-refractivity contribution is 0.258. The zero-order chi connectivity index (χ0) is 9.71.